The van der Waals surface area contributed by atoms with E-state index in [1.54, 1.807) is 0 Å². The van der Waals surface area contributed by atoms with Crippen LogP contribution in [0.4, 0.5) is 0 Å². The third-order valence-corrected chi connectivity index (χ3v) is 3.62. The van der Waals surface area contributed by atoms with Crippen LogP contribution in [0.1, 0.15) is 22.3 Å². The summed E-state index contributed by atoms with van der Waals surface area (Å²) in [5, 5.41) is 0. The third kappa shape index (κ3) is 2.70. The molecule has 0 N–H and O–H groups in total. The Labute approximate surface area is 109 Å². The Hall–Kier alpha value is -1.82. The van der Waals surface area contributed by atoms with Crippen LogP contribution in [0.3, 0.4) is 0 Å². The second-order valence-electron chi connectivity index (χ2n) is 5.01. The monoisotopic (exact) mass is 234 g/mol. The largest absolute Gasteiger partial charge is 0.0838 e. The molecule has 0 nitrogen and oxygen atoms in total. The van der Waals surface area contributed by atoms with Crippen molar-refractivity contribution < 1.29 is 0 Å². The van der Waals surface area contributed by atoms with Crippen molar-refractivity contribution in [2.24, 2.45) is 0 Å². The van der Waals surface area contributed by atoms with Crippen molar-refractivity contribution in [3.05, 3.63) is 82.9 Å². The fourth-order valence-corrected chi connectivity index (χ4v) is 2.41. The predicted octanol–water partition coefficient (Wildman–Crippen LogP) is 4.13. The molecule has 0 radical (unpaired) electrons. The van der Waals surface area contributed by atoms with Crippen molar-refractivity contribution in [2.45, 2.75) is 25.7 Å². The zero-order valence-corrected chi connectivity index (χ0v) is 10.6. The van der Waals surface area contributed by atoms with E-state index in [1.807, 2.05) is 0 Å². The fraction of sp³-hybridized carbons (Fsp3) is 0.222. The van der Waals surface area contributed by atoms with E-state index in [4.69, 9.17) is 0 Å². The standard InChI is InChI=1S/C18H18/c1-2-4-16-7-11-18(12-8-16)14-13-17-9-5-15(3-1)6-10-17/h1-2,5-12H,3-4,13-14H2. The number of allylic oxidation sites excluding steroid dienone is 2. The Morgan fingerprint density at radius 2 is 0.778 bits per heavy atom. The maximum atomic E-state index is 2.27. The minimum Gasteiger partial charge on any atom is -0.0838 e. The fourth-order valence-electron chi connectivity index (χ4n) is 2.41. The molecule has 4 bridgehead atoms. The van der Waals surface area contributed by atoms with Gasteiger partial charge in [-0.25, -0.2) is 0 Å². The van der Waals surface area contributed by atoms with E-state index in [1.165, 1.54) is 22.3 Å². The van der Waals surface area contributed by atoms with E-state index in [0.29, 0.717) is 0 Å². The van der Waals surface area contributed by atoms with Gasteiger partial charge in [0.05, 0.1) is 0 Å². The lowest BCUT2D eigenvalue weighted by Crippen LogP contribution is -1.93. The first-order valence-corrected chi connectivity index (χ1v) is 6.71. The van der Waals surface area contributed by atoms with Crippen molar-refractivity contribution >= 4 is 0 Å². The summed E-state index contributed by atoms with van der Waals surface area (Å²) >= 11 is 0. The van der Waals surface area contributed by atoms with E-state index in [0.717, 1.165) is 25.7 Å². The number of rotatable bonds is 0. The first-order chi connectivity index (χ1) is 8.90. The summed E-state index contributed by atoms with van der Waals surface area (Å²) in [6.45, 7) is 0. The molecule has 0 heterocycles. The molecule has 0 spiro atoms. The first-order valence-electron chi connectivity index (χ1n) is 6.71. The minimum absolute atomic E-state index is 1.04. The molecule has 0 unspecified atom stereocenters. The molecule has 0 saturated carbocycles. The lowest BCUT2D eigenvalue weighted by molar-refractivity contribution is 0.955. The first kappa shape index (κ1) is 11.3. The SMILES string of the molecule is C1=CCc2ccc(cc2)CCc2ccc(cc2)C1. The highest BCUT2D eigenvalue weighted by atomic mass is 14.0. The summed E-state index contributed by atoms with van der Waals surface area (Å²) in [5.41, 5.74) is 5.68. The van der Waals surface area contributed by atoms with Crippen molar-refractivity contribution in [3.63, 3.8) is 0 Å². The second-order valence-corrected chi connectivity index (χ2v) is 5.01. The van der Waals surface area contributed by atoms with Gasteiger partial charge in [-0.2, -0.15) is 0 Å². The summed E-state index contributed by atoms with van der Waals surface area (Å²) in [6, 6.07) is 18.1. The van der Waals surface area contributed by atoms with Gasteiger partial charge in [0.15, 0.2) is 0 Å². The molecular formula is C18H18. The second kappa shape index (κ2) is 5.22. The Bertz CT molecular complexity index is 478. The number of aryl methyl sites for hydroxylation is 2. The van der Waals surface area contributed by atoms with Crippen LogP contribution < -0.4 is 0 Å². The van der Waals surface area contributed by atoms with Crippen LogP contribution in [-0.2, 0) is 25.7 Å². The molecule has 0 saturated heterocycles. The maximum Gasteiger partial charge on any atom is -0.00973 e. The molecular weight excluding hydrogens is 216 g/mol. The van der Waals surface area contributed by atoms with Gasteiger partial charge in [-0.3, -0.25) is 0 Å². The van der Waals surface area contributed by atoms with Crippen LogP contribution >= 0.6 is 0 Å². The average Bonchev–Trinajstić information content (AvgIpc) is 2.44. The van der Waals surface area contributed by atoms with Gasteiger partial charge in [-0.1, -0.05) is 60.7 Å². The zero-order chi connectivity index (χ0) is 12.2. The van der Waals surface area contributed by atoms with Crippen LogP contribution in [0, 0.1) is 0 Å². The molecule has 2 aromatic carbocycles. The normalized spacial score (nSPS) is 14.7. The smallest absolute Gasteiger partial charge is 0.00973 e. The molecule has 4 aliphatic carbocycles. The highest BCUT2D eigenvalue weighted by Crippen LogP contribution is 2.13. The summed E-state index contributed by atoms with van der Waals surface area (Å²) < 4.78 is 0. The van der Waals surface area contributed by atoms with Crippen LogP contribution in [0.25, 0.3) is 0 Å². The van der Waals surface area contributed by atoms with Gasteiger partial charge in [0.2, 0.25) is 0 Å². The van der Waals surface area contributed by atoms with E-state index in [2.05, 4.69) is 60.7 Å². The Balaban J connectivity index is 1.91. The van der Waals surface area contributed by atoms with E-state index >= 15 is 0 Å². The molecule has 0 amide bonds. The zero-order valence-electron chi connectivity index (χ0n) is 10.6. The summed E-state index contributed by atoms with van der Waals surface area (Å²) in [6.07, 6.45) is 8.89. The average molecular weight is 234 g/mol. The van der Waals surface area contributed by atoms with Crippen molar-refractivity contribution in [1.82, 2.24) is 0 Å². The van der Waals surface area contributed by atoms with Gasteiger partial charge >= 0.3 is 0 Å². The molecule has 0 heteroatoms. The molecule has 0 aromatic heterocycles. The number of hydrogen-bond acceptors (Lipinski definition) is 0. The number of hydrogen-bond donors (Lipinski definition) is 0. The van der Waals surface area contributed by atoms with Crippen molar-refractivity contribution in [1.29, 1.82) is 0 Å². The summed E-state index contributed by atoms with van der Waals surface area (Å²) in [5.74, 6) is 0. The maximum absolute atomic E-state index is 2.27. The predicted molar refractivity (Wildman–Crippen MR) is 76.8 cm³/mol. The van der Waals surface area contributed by atoms with E-state index < -0.39 is 0 Å². The van der Waals surface area contributed by atoms with Gasteiger partial charge < -0.3 is 0 Å². The molecule has 18 heavy (non-hydrogen) atoms. The number of benzene rings is 2. The minimum atomic E-state index is 1.04. The van der Waals surface area contributed by atoms with Crippen LogP contribution in [0.2, 0.25) is 0 Å². The van der Waals surface area contributed by atoms with Crippen LogP contribution in [0.5, 0.6) is 0 Å². The van der Waals surface area contributed by atoms with Gasteiger partial charge in [-0.15, -0.1) is 0 Å². The highest BCUT2D eigenvalue weighted by molar-refractivity contribution is 5.28. The molecule has 0 fully saturated rings. The van der Waals surface area contributed by atoms with Gasteiger partial charge in [0, 0.05) is 0 Å². The highest BCUT2D eigenvalue weighted by Gasteiger charge is 1.99. The van der Waals surface area contributed by atoms with Gasteiger partial charge in [0.25, 0.3) is 0 Å². The van der Waals surface area contributed by atoms with Crippen molar-refractivity contribution in [3.8, 4) is 0 Å². The van der Waals surface area contributed by atoms with Crippen molar-refractivity contribution in [2.75, 3.05) is 0 Å². The molecule has 90 valence electrons. The summed E-state index contributed by atoms with van der Waals surface area (Å²) in [7, 11) is 0. The van der Waals surface area contributed by atoms with Crippen LogP contribution in [-0.4, -0.2) is 0 Å². The van der Waals surface area contributed by atoms with E-state index in [-0.39, 0.29) is 0 Å². The van der Waals surface area contributed by atoms with Crippen LogP contribution in [0.15, 0.2) is 60.7 Å². The third-order valence-electron chi connectivity index (χ3n) is 3.62. The lowest BCUT2D eigenvalue weighted by atomic mass is 10.00. The molecule has 2 aromatic rings. The lowest BCUT2D eigenvalue weighted by Gasteiger charge is -2.06. The Kier molecular flexibility index (Phi) is 3.27. The molecule has 6 rings (SSSR count). The molecule has 0 aliphatic heterocycles. The van der Waals surface area contributed by atoms with Gasteiger partial charge in [-0.05, 0) is 47.9 Å². The Morgan fingerprint density at radius 1 is 0.444 bits per heavy atom. The van der Waals surface area contributed by atoms with Gasteiger partial charge in [0.1, 0.15) is 0 Å². The molecule has 4 aliphatic rings. The molecule has 0 atom stereocenters. The van der Waals surface area contributed by atoms with E-state index in [9.17, 15) is 0 Å². The Morgan fingerprint density at radius 3 is 1.17 bits per heavy atom. The topological polar surface area (TPSA) is 0 Å². The summed E-state index contributed by atoms with van der Waals surface area (Å²) in [4.78, 5) is 0. The quantitative estimate of drug-likeness (QED) is 0.601.